The van der Waals surface area contributed by atoms with Crippen molar-refractivity contribution in [3.63, 3.8) is 0 Å². The molecule has 0 unspecified atom stereocenters. The van der Waals surface area contributed by atoms with Gasteiger partial charge in [-0.15, -0.1) is 0 Å². The molecule has 1 N–H and O–H groups in total. The van der Waals surface area contributed by atoms with E-state index in [1.54, 1.807) is 6.33 Å². The van der Waals surface area contributed by atoms with Gasteiger partial charge in [-0.05, 0) is 41.5 Å². The number of halogens is 1. The number of hydrogen-bond donors (Lipinski definition) is 1. The molecule has 1 heterocycles. The number of nitrogens with zero attached hydrogens (tertiary/aromatic N) is 2. The van der Waals surface area contributed by atoms with Crippen molar-refractivity contribution < 1.29 is 0 Å². The maximum atomic E-state index is 4.20. The Labute approximate surface area is 115 Å². The van der Waals surface area contributed by atoms with E-state index in [2.05, 4.69) is 69.1 Å². The van der Waals surface area contributed by atoms with Crippen LogP contribution in [0, 0.1) is 10.5 Å². The molecule has 1 aromatic carbocycles. The molecule has 1 aromatic heterocycles. The maximum absolute atomic E-state index is 4.20. The van der Waals surface area contributed by atoms with Crippen LogP contribution < -0.4 is 5.32 Å². The first-order valence-electron chi connectivity index (χ1n) is 5.50. The van der Waals surface area contributed by atoms with Gasteiger partial charge in [0.05, 0.1) is 3.57 Å². The third-order valence-electron chi connectivity index (χ3n) is 2.46. The first-order chi connectivity index (χ1) is 8.25. The highest BCUT2D eigenvalue weighted by atomic mass is 127. The monoisotopic (exact) mass is 339 g/mol. The van der Waals surface area contributed by atoms with Crippen LogP contribution in [-0.2, 0) is 6.42 Å². The molecule has 17 heavy (non-hydrogen) atoms. The molecular formula is C13H14IN3. The van der Waals surface area contributed by atoms with Crippen LogP contribution in [0.4, 0.5) is 5.82 Å². The standard InChI is InChI=1S/C13H14IN3/c1-10-3-2-4-11(7-10)5-6-16-13-12(14)8-15-9-17-13/h2-4,7-9H,5-6H2,1H3,(H,15,16,17). The van der Waals surface area contributed by atoms with E-state index in [-0.39, 0.29) is 0 Å². The van der Waals surface area contributed by atoms with Gasteiger partial charge in [0.2, 0.25) is 0 Å². The first kappa shape index (κ1) is 12.3. The van der Waals surface area contributed by atoms with Crippen LogP contribution in [0.3, 0.4) is 0 Å². The summed E-state index contributed by atoms with van der Waals surface area (Å²) in [6, 6.07) is 8.58. The largest absolute Gasteiger partial charge is 0.369 e. The highest BCUT2D eigenvalue weighted by molar-refractivity contribution is 14.1. The van der Waals surface area contributed by atoms with E-state index in [1.807, 2.05) is 6.20 Å². The smallest absolute Gasteiger partial charge is 0.142 e. The average molecular weight is 339 g/mol. The molecule has 0 aliphatic carbocycles. The van der Waals surface area contributed by atoms with E-state index in [4.69, 9.17) is 0 Å². The predicted molar refractivity (Wildman–Crippen MR) is 78.1 cm³/mol. The van der Waals surface area contributed by atoms with Crippen molar-refractivity contribution >= 4 is 28.4 Å². The molecule has 3 nitrogen and oxygen atoms in total. The van der Waals surface area contributed by atoms with Crippen LogP contribution in [0.25, 0.3) is 0 Å². The second kappa shape index (κ2) is 5.95. The molecule has 0 fully saturated rings. The van der Waals surface area contributed by atoms with Gasteiger partial charge < -0.3 is 5.32 Å². The van der Waals surface area contributed by atoms with Gasteiger partial charge in [-0.2, -0.15) is 0 Å². The Hall–Kier alpha value is -1.17. The lowest BCUT2D eigenvalue weighted by molar-refractivity contribution is 0.993. The lowest BCUT2D eigenvalue weighted by Crippen LogP contribution is -2.07. The zero-order chi connectivity index (χ0) is 12.1. The summed E-state index contributed by atoms with van der Waals surface area (Å²) in [5, 5.41) is 3.32. The van der Waals surface area contributed by atoms with E-state index in [0.29, 0.717) is 0 Å². The van der Waals surface area contributed by atoms with E-state index in [9.17, 15) is 0 Å². The van der Waals surface area contributed by atoms with Gasteiger partial charge in [0.15, 0.2) is 0 Å². The lowest BCUT2D eigenvalue weighted by Gasteiger charge is -2.07. The van der Waals surface area contributed by atoms with Crippen molar-refractivity contribution in [2.75, 3.05) is 11.9 Å². The molecule has 2 rings (SSSR count). The Bertz CT molecular complexity index is 500. The van der Waals surface area contributed by atoms with Crippen LogP contribution in [-0.4, -0.2) is 16.5 Å². The quantitative estimate of drug-likeness (QED) is 0.870. The summed E-state index contributed by atoms with van der Waals surface area (Å²) in [6.07, 6.45) is 4.38. The third-order valence-corrected chi connectivity index (χ3v) is 3.25. The molecule has 4 heteroatoms. The summed E-state index contributed by atoms with van der Waals surface area (Å²) in [6.45, 7) is 3.00. The summed E-state index contributed by atoms with van der Waals surface area (Å²) in [5.74, 6) is 0.910. The van der Waals surface area contributed by atoms with Gasteiger partial charge in [0, 0.05) is 12.7 Å². The molecule has 0 amide bonds. The van der Waals surface area contributed by atoms with E-state index < -0.39 is 0 Å². The fraction of sp³-hybridized carbons (Fsp3) is 0.231. The first-order valence-corrected chi connectivity index (χ1v) is 6.58. The Morgan fingerprint density at radius 3 is 3.00 bits per heavy atom. The normalized spacial score (nSPS) is 10.2. The van der Waals surface area contributed by atoms with Crippen molar-refractivity contribution in [3.05, 3.63) is 51.5 Å². The van der Waals surface area contributed by atoms with E-state index in [0.717, 1.165) is 22.4 Å². The Morgan fingerprint density at radius 1 is 1.35 bits per heavy atom. The van der Waals surface area contributed by atoms with Gasteiger partial charge in [-0.3, -0.25) is 0 Å². The molecule has 0 spiro atoms. The van der Waals surface area contributed by atoms with Crippen molar-refractivity contribution in [1.29, 1.82) is 0 Å². The Balaban J connectivity index is 1.90. The van der Waals surface area contributed by atoms with Crippen LogP contribution >= 0.6 is 22.6 Å². The van der Waals surface area contributed by atoms with Crippen LogP contribution in [0.1, 0.15) is 11.1 Å². The van der Waals surface area contributed by atoms with E-state index in [1.165, 1.54) is 11.1 Å². The van der Waals surface area contributed by atoms with Gasteiger partial charge in [-0.1, -0.05) is 29.8 Å². The minimum absolute atomic E-state index is 0.885. The van der Waals surface area contributed by atoms with Gasteiger partial charge in [0.1, 0.15) is 12.1 Å². The Kier molecular flexibility index (Phi) is 4.30. The number of aromatic nitrogens is 2. The number of benzene rings is 1. The molecule has 88 valence electrons. The van der Waals surface area contributed by atoms with Gasteiger partial charge >= 0.3 is 0 Å². The summed E-state index contributed by atoms with van der Waals surface area (Å²) < 4.78 is 1.05. The van der Waals surface area contributed by atoms with Gasteiger partial charge in [-0.25, -0.2) is 9.97 Å². The second-order valence-electron chi connectivity index (χ2n) is 3.89. The third kappa shape index (κ3) is 3.66. The molecule has 0 atom stereocenters. The van der Waals surface area contributed by atoms with Gasteiger partial charge in [0.25, 0.3) is 0 Å². The summed E-state index contributed by atoms with van der Waals surface area (Å²) in [4.78, 5) is 8.16. The summed E-state index contributed by atoms with van der Waals surface area (Å²) in [5.41, 5.74) is 2.65. The van der Waals surface area contributed by atoms with Crippen LogP contribution in [0.5, 0.6) is 0 Å². The summed E-state index contributed by atoms with van der Waals surface area (Å²) >= 11 is 2.23. The topological polar surface area (TPSA) is 37.8 Å². The SMILES string of the molecule is Cc1cccc(CCNc2ncncc2I)c1. The van der Waals surface area contributed by atoms with Crippen LogP contribution in [0.15, 0.2) is 36.8 Å². The molecule has 2 aromatic rings. The van der Waals surface area contributed by atoms with Crippen LogP contribution in [0.2, 0.25) is 0 Å². The Morgan fingerprint density at radius 2 is 2.24 bits per heavy atom. The number of anilines is 1. The molecule has 0 bridgehead atoms. The molecule has 0 saturated heterocycles. The van der Waals surface area contributed by atoms with Crippen molar-refractivity contribution in [2.45, 2.75) is 13.3 Å². The number of nitrogens with one attached hydrogen (secondary N) is 1. The number of hydrogen-bond acceptors (Lipinski definition) is 3. The highest BCUT2D eigenvalue weighted by Gasteiger charge is 1.99. The fourth-order valence-corrected chi connectivity index (χ4v) is 2.13. The van der Waals surface area contributed by atoms with Crippen molar-refractivity contribution in [1.82, 2.24) is 9.97 Å². The zero-order valence-electron chi connectivity index (χ0n) is 9.65. The zero-order valence-corrected chi connectivity index (χ0v) is 11.8. The van der Waals surface area contributed by atoms with Crippen molar-refractivity contribution in [2.24, 2.45) is 0 Å². The minimum Gasteiger partial charge on any atom is -0.369 e. The molecule has 0 saturated carbocycles. The van der Waals surface area contributed by atoms with Crippen molar-refractivity contribution in [3.8, 4) is 0 Å². The number of rotatable bonds is 4. The highest BCUT2D eigenvalue weighted by Crippen LogP contribution is 2.12. The minimum atomic E-state index is 0.885. The lowest BCUT2D eigenvalue weighted by atomic mass is 10.1. The molecule has 0 aliphatic heterocycles. The molecule has 0 aliphatic rings. The molecule has 0 radical (unpaired) electrons. The average Bonchev–Trinajstić information content (AvgIpc) is 2.32. The maximum Gasteiger partial charge on any atom is 0.142 e. The second-order valence-corrected chi connectivity index (χ2v) is 5.05. The molecular weight excluding hydrogens is 325 g/mol. The fourth-order valence-electron chi connectivity index (χ4n) is 1.64. The van der Waals surface area contributed by atoms with E-state index >= 15 is 0 Å². The predicted octanol–water partition coefficient (Wildman–Crippen LogP) is 3.04. The summed E-state index contributed by atoms with van der Waals surface area (Å²) in [7, 11) is 0. The number of aryl methyl sites for hydroxylation is 1.